The molecule has 0 saturated heterocycles. The minimum Gasteiger partial charge on any atom is -0.491 e. The van der Waals surface area contributed by atoms with Crippen LogP contribution >= 0.6 is 0 Å². The highest BCUT2D eigenvalue weighted by Crippen LogP contribution is 2.15. The molecule has 0 bridgehead atoms. The van der Waals surface area contributed by atoms with E-state index in [4.69, 9.17) is 4.74 Å². The van der Waals surface area contributed by atoms with E-state index in [0.29, 0.717) is 5.75 Å². The minimum absolute atomic E-state index is 0.0158. The number of aryl methyl sites for hydroxylation is 1. The summed E-state index contributed by atoms with van der Waals surface area (Å²) in [5, 5.41) is 14.3. The monoisotopic (exact) mass is 336 g/mol. The first-order valence-corrected chi connectivity index (χ1v) is 7.31. The fourth-order valence-electron chi connectivity index (χ4n) is 1.93. The molecule has 0 aliphatic heterocycles. The maximum Gasteiger partial charge on any atom is 0.319 e. The maximum absolute atomic E-state index is 13.4. The summed E-state index contributed by atoms with van der Waals surface area (Å²) in [5.74, 6) is -0.812. The van der Waals surface area contributed by atoms with Crippen molar-refractivity contribution in [1.82, 2.24) is 5.32 Å². The van der Waals surface area contributed by atoms with E-state index in [1.807, 2.05) is 25.1 Å². The number of rotatable bonds is 6. The number of anilines is 1. The Morgan fingerprint density at radius 1 is 1.25 bits per heavy atom. The van der Waals surface area contributed by atoms with E-state index < -0.39 is 23.8 Å². The number of benzene rings is 2. The van der Waals surface area contributed by atoms with Crippen LogP contribution in [-0.4, -0.2) is 30.4 Å². The van der Waals surface area contributed by atoms with Crippen LogP contribution in [0, 0.1) is 18.6 Å². The highest BCUT2D eigenvalue weighted by Gasteiger charge is 2.11. The van der Waals surface area contributed by atoms with E-state index in [0.717, 1.165) is 23.8 Å². The van der Waals surface area contributed by atoms with Crippen LogP contribution < -0.4 is 15.4 Å². The highest BCUT2D eigenvalue weighted by molar-refractivity contribution is 5.89. The molecular weight excluding hydrogens is 318 g/mol. The summed E-state index contributed by atoms with van der Waals surface area (Å²) in [4.78, 5) is 11.6. The van der Waals surface area contributed by atoms with Gasteiger partial charge in [-0.2, -0.15) is 0 Å². The first-order chi connectivity index (χ1) is 11.4. The molecule has 0 spiro atoms. The number of hydrogen-bond acceptors (Lipinski definition) is 3. The van der Waals surface area contributed by atoms with Gasteiger partial charge in [-0.25, -0.2) is 13.6 Å². The molecule has 128 valence electrons. The van der Waals surface area contributed by atoms with Crippen LogP contribution in [0.5, 0.6) is 5.75 Å². The Hall–Kier alpha value is -2.67. The third kappa shape index (κ3) is 5.51. The zero-order chi connectivity index (χ0) is 17.5. The number of hydrogen-bond donors (Lipinski definition) is 3. The molecule has 3 N–H and O–H groups in total. The van der Waals surface area contributed by atoms with Gasteiger partial charge in [-0.15, -0.1) is 0 Å². The Balaban J connectivity index is 1.75. The molecule has 5 nitrogen and oxygen atoms in total. The van der Waals surface area contributed by atoms with E-state index in [2.05, 4.69) is 10.6 Å². The molecule has 0 radical (unpaired) electrons. The quantitative estimate of drug-likeness (QED) is 0.760. The summed E-state index contributed by atoms with van der Waals surface area (Å²) in [6, 6.07) is 9.30. The van der Waals surface area contributed by atoms with Crippen molar-refractivity contribution in [2.45, 2.75) is 13.0 Å². The molecule has 2 aromatic carbocycles. The molecule has 0 heterocycles. The summed E-state index contributed by atoms with van der Waals surface area (Å²) in [7, 11) is 0. The van der Waals surface area contributed by atoms with Gasteiger partial charge in [0.2, 0.25) is 0 Å². The average Bonchev–Trinajstić information content (AvgIpc) is 2.54. The standard InChI is InChI=1S/C17H18F2N2O3/c1-11-3-2-4-14(7-11)24-10-13(22)9-20-17(23)21-16-8-12(18)5-6-15(16)19/h2-8,13,22H,9-10H2,1H3,(H2,20,21,23). The van der Waals surface area contributed by atoms with E-state index in [1.165, 1.54) is 0 Å². The van der Waals surface area contributed by atoms with Crippen LogP contribution in [-0.2, 0) is 0 Å². The smallest absolute Gasteiger partial charge is 0.319 e. The van der Waals surface area contributed by atoms with E-state index >= 15 is 0 Å². The van der Waals surface area contributed by atoms with Crippen LogP contribution in [0.3, 0.4) is 0 Å². The molecule has 2 rings (SSSR count). The zero-order valence-corrected chi connectivity index (χ0v) is 13.1. The maximum atomic E-state index is 13.4. The van der Waals surface area contributed by atoms with E-state index in [1.54, 1.807) is 6.07 Å². The Morgan fingerprint density at radius 2 is 2.04 bits per heavy atom. The van der Waals surface area contributed by atoms with Crippen molar-refractivity contribution in [2.75, 3.05) is 18.5 Å². The number of halogens is 2. The fraction of sp³-hybridized carbons (Fsp3) is 0.235. The van der Waals surface area contributed by atoms with Crippen molar-refractivity contribution in [1.29, 1.82) is 0 Å². The second kappa shape index (κ2) is 8.26. The number of carbonyl (C=O) groups excluding carboxylic acids is 1. The number of carbonyl (C=O) groups is 1. The number of nitrogens with one attached hydrogen (secondary N) is 2. The number of aliphatic hydroxyl groups is 1. The predicted molar refractivity (Wildman–Crippen MR) is 86.1 cm³/mol. The van der Waals surface area contributed by atoms with Gasteiger partial charge in [0.25, 0.3) is 0 Å². The topological polar surface area (TPSA) is 70.6 Å². The van der Waals surface area contributed by atoms with Crippen LogP contribution in [0.1, 0.15) is 5.56 Å². The molecule has 0 saturated carbocycles. The minimum atomic E-state index is -0.950. The predicted octanol–water partition coefficient (Wildman–Crippen LogP) is 2.83. The van der Waals surface area contributed by atoms with Crippen LogP contribution in [0.15, 0.2) is 42.5 Å². The normalized spacial score (nSPS) is 11.7. The van der Waals surface area contributed by atoms with Gasteiger partial charge in [0.05, 0.1) is 5.69 Å². The lowest BCUT2D eigenvalue weighted by atomic mass is 10.2. The third-order valence-corrected chi connectivity index (χ3v) is 3.11. The van der Waals surface area contributed by atoms with Crippen molar-refractivity contribution in [2.24, 2.45) is 0 Å². The zero-order valence-electron chi connectivity index (χ0n) is 13.1. The Bertz CT molecular complexity index is 710. The lowest BCUT2D eigenvalue weighted by Crippen LogP contribution is -2.37. The molecule has 1 atom stereocenters. The number of urea groups is 1. The van der Waals surface area contributed by atoms with Gasteiger partial charge < -0.3 is 20.5 Å². The first-order valence-electron chi connectivity index (χ1n) is 7.31. The molecule has 1 unspecified atom stereocenters. The second-order valence-electron chi connectivity index (χ2n) is 5.24. The van der Waals surface area contributed by atoms with Gasteiger partial charge in [0.1, 0.15) is 30.1 Å². The van der Waals surface area contributed by atoms with Crippen molar-refractivity contribution in [3.63, 3.8) is 0 Å². The first kappa shape index (κ1) is 17.7. The summed E-state index contributed by atoms with van der Waals surface area (Å²) < 4.78 is 31.8. The van der Waals surface area contributed by atoms with E-state index in [9.17, 15) is 18.7 Å². The Kier molecular flexibility index (Phi) is 6.08. The fourth-order valence-corrected chi connectivity index (χ4v) is 1.93. The molecule has 7 heteroatoms. The van der Waals surface area contributed by atoms with Crippen LogP contribution in [0.4, 0.5) is 19.3 Å². The van der Waals surface area contributed by atoms with Crippen LogP contribution in [0.25, 0.3) is 0 Å². The van der Waals surface area contributed by atoms with Gasteiger partial charge in [-0.05, 0) is 36.8 Å². The SMILES string of the molecule is Cc1cccc(OCC(O)CNC(=O)Nc2cc(F)ccc2F)c1. The molecule has 0 aromatic heterocycles. The van der Waals surface area contributed by atoms with Gasteiger partial charge in [-0.1, -0.05) is 12.1 Å². The largest absolute Gasteiger partial charge is 0.491 e. The number of amides is 2. The summed E-state index contributed by atoms with van der Waals surface area (Å²) in [6.45, 7) is 1.80. The lowest BCUT2D eigenvalue weighted by Gasteiger charge is -2.14. The summed E-state index contributed by atoms with van der Waals surface area (Å²) in [5.41, 5.74) is 0.745. The van der Waals surface area contributed by atoms with Crippen molar-refractivity contribution >= 4 is 11.7 Å². The molecule has 0 aliphatic rings. The molecular formula is C17H18F2N2O3. The molecule has 0 fully saturated rings. The van der Waals surface area contributed by atoms with E-state index in [-0.39, 0.29) is 18.8 Å². The van der Waals surface area contributed by atoms with Gasteiger partial charge in [-0.3, -0.25) is 0 Å². The van der Waals surface area contributed by atoms with Crippen molar-refractivity contribution in [3.8, 4) is 5.75 Å². The molecule has 2 aromatic rings. The van der Waals surface area contributed by atoms with Gasteiger partial charge in [0.15, 0.2) is 0 Å². The Morgan fingerprint density at radius 3 is 2.79 bits per heavy atom. The van der Waals surface area contributed by atoms with Crippen molar-refractivity contribution in [3.05, 3.63) is 59.7 Å². The molecule has 0 aliphatic carbocycles. The highest BCUT2D eigenvalue weighted by atomic mass is 19.1. The molecule has 24 heavy (non-hydrogen) atoms. The number of ether oxygens (including phenoxy) is 1. The summed E-state index contributed by atoms with van der Waals surface area (Å²) >= 11 is 0. The van der Waals surface area contributed by atoms with Gasteiger partial charge >= 0.3 is 6.03 Å². The van der Waals surface area contributed by atoms with Crippen molar-refractivity contribution < 1.29 is 23.4 Å². The van der Waals surface area contributed by atoms with Gasteiger partial charge in [0, 0.05) is 12.6 Å². The lowest BCUT2D eigenvalue weighted by molar-refractivity contribution is 0.108. The third-order valence-electron chi connectivity index (χ3n) is 3.11. The molecule has 2 amide bonds. The summed E-state index contributed by atoms with van der Waals surface area (Å²) in [6.07, 6.45) is -0.950. The average molecular weight is 336 g/mol. The number of aliphatic hydroxyl groups excluding tert-OH is 1. The second-order valence-corrected chi connectivity index (χ2v) is 5.24. The Labute approximate surface area is 138 Å². The van der Waals surface area contributed by atoms with Crippen LogP contribution in [0.2, 0.25) is 0 Å².